The van der Waals surface area contributed by atoms with Crippen LogP contribution in [0.4, 0.5) is 4.39 Å². The third kappa shape index (κ3) is 5.44. The first-order chi connectivity index (χ1) is 17.2. The quantitative estimate of drug-likeness (QED) is 0.296. The Balaban J connectivity index is 1.37. The number of aryl methyl sites for hydroxylation is 2. The second-order valence-electron chi connectivity index (χ2n) is 10.2. The lowest BCUT2D eigenvalue weighted by molar-refractivity contribution is 0.203. The van der Waals surface area contributed by atoms with Gasteiger partial charge in [-0.3, -0.25) is 0 Å². The molecule has 2 aliphatic rings. The van der Waals surface area contributed by atoms with Gasteiger partial charge in [0.1, 0.15) is 33.3 Å². The van der Waals surface area contributed by atoms with Gasteiger partial charge in [0.2, 0.25) is 0 Å². The first-order valence-corrected chi connectivity index (χ1v) is 14.8. The molecule has 0 bridgehead atoms. The number of benzene rings is 3. The molecule has 1 saturated carbocycles. The summed E-state index contributed by atoms with van der Waals surface area (Å²) in [5.74, 6) is 2.09. The van der Waals surface area contributed by atoms with Crippen molar-refractivity contribution in [2.45, 2.75) is 58.0 Å². The van der Waals surface area contributed by atoms with E-state index in [0.717, 1.165) is 52.2 Å². The zero-order chi connectivity index (χ0) is 25.4. The predicted octanol–water partition coefficient (Wildman–Crippen LogP) is 6.87. The summed E-state index contributed by atoms with van der Waals surface area (Å²) in [5.41, 5.74) is 7.26. The van der Waals surface area contributed by atoms with Gasteiger partial charge in [0.25, 0.3) is 0 Å². The second-order valence-corrected chi connectivity index (χ2v) is 12.5. The number of fused-ring (bicyclic) bond motifs is 1. The van der Waals surface area contributed by atoms with E-state index in [-0.39, 0.29) is 17.7 Å². The summed E-state index contributed by atoms with van der Waals surface area (Å²) in [7, 11) is -3.00. The van der Waals surface area contributed by atoms with Gasteiger partial charge in [-0.25, -0.2) is 12.8 Å². The monoisotopic (exact) mass is 508 g/mol. The van der Waals surface area contributed by atoms with Gasteiger partial charge in [0, 0.05) is 11.8 Å². The lowest BCUT2D eigenvalue weighted by Crippen LogP contribution is -2.08. The third-order valence-corrected chi connectivity index (χ3v) is 8.22. The van der Waals surface area contributed by atoms with Crippen molar-refractivity contribution in [1.29, 1.82) is 0 Å². The van der Waals surface area contributed by atoms with Crippen LogP contribution in [0.2, 0.25) is 0 Å². The Hall–Kier alpha value is -2.86. The Bertz CT molecular complexity index is 1350. The van der Waals surface area contributed by atoms with E-state index in [0.29, 0.717) is 24.5 Å². The summed E-state index contributed by atoms with van der Waals surface area (Å²) in [6.45, 7) is 4.41. The van der Waals surface area contributed by atoms with Crippen LogP contribution in [0.1, 0.15) is 65.5 Å². The highest BCUT2D eigenvalue weighted by Gasteiger charge is 2.31. The van der Waals surface area contributed by atoms with Crippen molar-refractivity contribution >= 4 is 9.84 Å². The van der Waals surface area contributed by atoms with Crippen LogP contribution < -0.4 is 9.47 Å². The smallest absolute Gasteiger partial charge is 0.147 e. The van der Waals surface area contributed by atoms with Crippen molar-refractivity contribution in [3.63, 3.8) is 0 Å². The number of hydrogen-bond donors (Lipinski definition) is 0. The Morgan fingerprint density at radius 2 is 1.64 bits per heavy atom. The van der Waals surface area contributed by atoms with Crippen molar-refractivity contribution < 1.29 is 22.3 Å². The van der Waals surface area contributed by atoms with E-state index >= 15 is 4.39 Å². The Kier molecular flexibility index (Phi) is 6.82. The average Bonchev–Trinajstić information content (AvgIpc) is 3.58. The Morgan fingerprint density at radius 1 is 0.944 bits per heavy atom. The van der Waals surface area contributed by atoms with Crippen LogP contribution in [0.5, 0.6) is 11.5 Å². The van der Waals surface area contributed by atoms with E-state index in [9.17, 15) is 8.42 Å². The van der Waals surface area contributed by atoms with Crippen LogP contribution in [0.25, 0.3) is 11.1 Å². The zero-order valence-electron chi connectivity index (χ0n) is 21.1. The maximum Gasteiger partial charge on any atom is 0.147 e. The van der Waals surface area contributed by atoms with Crippen LogP contribution in [-0.2, 0) is 16.3 Å². The first kappa shape index (κ1) is 24.8. The van der Waals surface area contributed by atoms with Crippen molar-refractivity contribution in [3.05, 3.63) is 82.2 Å². The summed E-state index contributed by atoms with van der Waals surface area (Å²) in [4.78, 5) is 0. The van der Waals surface area contributed by atoms with Crippen LogP contribution in [-0.4, -0.2) is 27.0 Å². The van der Waals surface area contributed by atoms with Crippen LogP contribution in [0.15, 0.2) is 48.5 Å². The third-order valence-electron chi connectivity index (χ3n) is 7.19. The Labute approximate surface area is 213 Å². The molecule has 0 radical (unpaired) electrons. The summed E-state index contributed by atoms with van der Waals surface area (Å²) >= 11 is 0. The molecule has 3 aromatic rings. The average molecular weight is 509 g/mol. The van der Waals surface area contributed by atoms with Gasteiger partial charge in [-0.1, -0.05) is 18.2 Å². The molecule has 0 heterocycles. The lowest BCUT2D eigenvalue weighted by Gasteiger charge is -2.19. The van der Waals surface area contributed by atoms with Gasteiger partial charge in [-0.05, 0) is 116 Å². The fraction of sp³-hybridized carbons (Fsp3) is 0.400. The molecule has 0 aliphatic heterocycles. The van der Waals surface area contributed by atoms with E-state index < -0.39 is 9.84 Å². The van der Waals surface area contributed by atoms with Crippen LogP contribution >= 0.6 is 0 Å². The van der Waals surface area contributed by atoms with E-state index in [1.165, 1.54) is 24.7 Å². The molecule has 190 valence electrons. The van der Waals surface area contributed by atoms with E-state index in [2.05, 4.69) is 12.1 Å². The molecule has 0 saturated heterocycles. The molecule has 0 spiro atoms. The molecule has 1 unspecified atom stereocenters. The van der Waals surface area contributed by atoms with Gasteiger partial charge in [0.05, 0.1) is 12.4 Å². The number of rotatable bonds is 9. The molecule has 2 aliphatic carbocycles. The van der Waals surface area contributed by atoms with Gasteiger partial charge in [-0.2, -0.15) is 0 Å². The van der Waals surface area contributed by atoms with Crippen molar-refractivity contribution in [2.75, 3.05) is 18.6 Å². The molecule has 1 atom stereocenters. The van der Waals surface area contributed by atoms with Crippen molar-refractivity contribution in [1.82, 2.24) is 0 Å². The standard InChI is InChI=1S/C30H33FO4S/c1-19-17-24(34-15-4-16-36(3,32)33)18-20(2)29(19)25-11-13-27(31)30-26(25)12-14-28(30)35-23-9-7-22(8-10-23)21-5-6-21/h7-11,13,17-18,21,28H,4-6,12,14-16H2,1-3H3. The zero-order valence-corrected chi connectivity index (χ0v) is 22.0. The molecular formula is C30H33FO4S. The molecule has 0 aromatic heterocycles. The highest BCUT2D eigenvalue weighted by molar-refractivity contribution is 7.90. The minimum absolute atomic E-state index is 0.110. The lowest BCUT2D eigenvalue weighted by atomic mass is 9.90. The molecule has 4 nitrogen and oxygen atoms in total. The molecule has 6 heteroatoms. The van der Waals surface area contributed by atoms with Gasteiger partial charge in [0.15, 0.2) is 0 Å². The molecule has 0 amide bonds. The van der Waals surface area contributed by atoms with E-state index in [1.54, 1.807) is 6.07 Å². The normalized spacial score (nSPS) is 17.2. The van der Waals surface area contributed by atoms with Crippen molar-refractivity contribution in [3.8, 4) is 22.6 Å². The summed E-state index contributed by atoms with van der Waals surface area (Å²) in [5, 5.41) is 0. The summed E-state index contributed by atoms with van der Waals surface area (Å²) in [6, 6.07) is 15.7. The summed E-state index contributed by atoms with van der Waals surface area (Å²) in [6.07, 6.45) is 5.42. The molecule has 3 aromatic carbocycles. The Morgan fingerprint density at radius 3 is 2.28 bits per heavy atom. The minimum atomic E-state index is -3.00. The maximum atomic E-state index is 15.1. The second kappa shape index (κ2) is 9.89. The highest BCUT2D eigenvalue weighted by atomic mass is 32.2. The predicted molar refractivity (Wildman–Crippen MR) is 141 cm³/mol. The number of halogens is 1. The van der Waals surface area contributed by atoms with Gasteiger partial charge in [-0.15, -0.1) is 0 Å². The molecular weight excluding hydrogens is 475 g/mol. The van der Waals surface area contributed by atoms with E-state index in [4.69, 9.17) is 9.47 Å². The topological polar surface area (TPSA) is 52.6 Å². The molecule has 1 fully saturated rings. The maximum absolute atomic E-state index is 15.1. The fourth-order valence-corrected chi connectivity index (χ4v) is 6.01. The largest absolute Gasteiger partial charge is 0.494 e. The SMILES string of the molecule is Cc1cc(OCCCS(C)(=O)=O)cc(C)c1-c1ccc(F)c2c1CCC2Oc1ccc(C2CC2)cc1. The fourth-order valence-electron chi connectivity index (χ4n) is 5.37. The molecule has 36 heavy (non-hydrogen) atoms. The van der Waals surface area contributed by atoms with E-state index in [1.807, 2.05) is 44.2 Å². The van der Waals surface area contributed by atoms with Crippen LogP contribution in [0, 0.1) is 19.7 Å². The molecule has 0 N–H and O–H groups in total. The van der Waals surface area contributed by atoms with Gasteiger partial charge < -0.3 is 9.47 Å². The number of ether oxygens (including phenoxy) is 2. The molecule has 5 rings (SSSR count). The number of hydrogen-bond acceptors (Lipinski definition) is 4. The van der Waals surface area contributed by atoms with Crippen molar-refractivity contribution in [2.24, 2.45) is 0 Å². The highest BCUT2D eigenvalue weighted by Crippen LogP contribution is 2.44. The van der Waals surface area contributed by atoms with Crippen LogP contribution in [0.3, 0.4) is 0 Å². The van der Waals surface area contributed by atoms with Gasteiger partial charge >= 0.3 is 0 Å². The first-order valence-electron chi connectivity index (χ1n) is 12.7. The minimum Gasteiger partial charge on any atom is -0.494 e. The number of sulfone groups is 1. The summed E-state index contributed by atoms with van der Waals surface area (Å²) < 4.78 is 49.9.